The molecule has 0 N–H and O–H groups in total. The summed E-state index contributed by atoms with van der Waals surface area (Å²) in [7, 11) is 0. The highest BCUT2D eigenvalue weighted by molar-refractivity contribution is 5.92. The fourth-order valence-electron chi connectivity index (χ4n) is 4.39. The molecule has 0 bridgehead atoms. The van der Waals surface area contributed by atoms with Crippen LogP contribution in [-0.4, -0.2) is 12.3 Å². The molecule has 4 aromatic carbocycles. The molecule has 0 unspecified atom stereocenters. The zero-order valence-electron chi connectivity index (χ0n) is 19.2. The maximum atomic E-state index is 13.6. The Morgan fingerprint density at radius 2 is 1.18 bits per heavy atom. The van der Waals surface area contributed by atoms with Gasteiger partial charge in [0.1, 0.15) is 12.4 Å². The number of esters is 1. The Hall–Kier alpha value is -3.98. The molecule has 0 saturated carbocycles. The minimum absolute atomic E-state index is 0.117. The van der Waals surface area contributed by atoms with E-state index in [2.05, 4.69) is 24.3 Å². The smallest absolute Gasteiger partial charge is 0.339 e. The molecule has 4 rings (SSSR count). The van der Waals surface area contributed by atoms with Crippen LogP contribution in [0.1, 0.15) is 58.0 Å². The Bertz CT molecular complexity index is 1160. The summed E-state index contributed by atoms with van der Waals surface area (Å²) < 4.78 is 6.10. The summed E-state index contributed by atoms with van der Waals surface area (Å²) in [5, 5.41) is 0. The Morgan fingerprint density at radius 3 is 1.71 bits per heavy atom. The van der Waals surface area contributed by atoms with Gasteiger partial charge in [-0.1, -0.05) is 116 Å². The summed E-state index contributed by atoms with van der Waals surface area (Å²) in [6, 6.07) is 37.6. The van der Waals surface area contributed by atoms with Gasteiger partial charge in [0, 0.05) is 18.3 Å². The molecule has 3 nitrogen and oxygen atoms in total. The van der Waals surface area contributed by atoms with Crippen LogP contribution in [0.25, 0.3) is 0 Å². The largest absolute Gasteiger partial charge is 0.454 e. The van der Waals surface area contributed by atoms with E-state index in [1.54, 1.807) is 0 Å². The van der Waals surface area contributed by atoms with E-state index in [0.29, 0.717) is 12.0 Å². The predicted octanol–water partition coefficient (Wildman–Crippen LogP) is 6.99. The van der Waals surface area contributed by atoms with Crippen molar-refractivity contribution in [2.24, 2.45) is 5.92 Å². The first-order chi connectivity index (χ1) is 16.7. The topological polar surface area (TPSA) is 43.4 Å². The van der Waals surface area contributed by atoms with Crippen molar-refractivity contribution in [2.45, 2.75) is 25.4 Å². The Morgan fingerprint density at radius 1 is 0.706 bits per heavy atom. The van der Waals surface area contributed by atoms with Crippen molar-refractivity contribution in [2.75, 3.05) is 0 Å². The highest BCUT2D eigenvalue weighted by atomic mass is 16.5. The molecule has 0 heterocycles. The summed E-state index contributed by atoms with van der Waals surface area (Å²) in [4.78, 5) is 24.8. The van der Waals surface area contributed by atoms with Crippen molar-refractivity contribution >= 4 is 12.3 Å². The van der Waals surface area contributed by atoms with Crippen LogP contribution in [0, 0.1) is 5.92 Å². The third-order valence-electron chi connectivity index (χ3n) is 6.10. The van der Waals surface area contributed by atoms with Crippen molar-refractivity contribution in [3.05, 3.63) is 143 Å². The molecule has 170 valence electrons. The average Bonchev–Trinajstić information content (AvgIpc) is 2.89. The summed E-state index contributed by atoms with van der Waals surface area (Å²) in [6.45, 7) is 1.93. The lowest BCUT2D eigenvalue weighted by Gasteiger charge is -2.25. The second-order valence-electron chi connectivity index (χ2n) is 8.46. The van der Waals surface area contributed by atoms with E-state index in [4.69, 9.17) is 4.74 Å². The number of benzene rings is 4. The predicted molar refractivity (Wildman–Crippen MR) is 135 cm³/mol. The second kappa shape index (κ2) is 11.2. The second-order valence-corrected chi connectivity index (χ2v) is 8.46. The van der Waals surface area contributed by atoms with E-state index in [9.17, 15) is 9.59 Å². The van der Waals surface area contributed by atoms with Gasteiger partial charge in [0.15, 0.2) is 0 Å². The van der Waals surface area contributed by atoms with E-state index in [0.717, 1.165) is 28.5 Å². The first-order valence-corrected chi connectivity index (χ1v) is 11.6. The van der Waals surface area contributed by atoms with Crippen LogP contribution in [-0.2, 0) is 9.53 Å². The fourth-order valence-corrected chi connectivity index (χ4v) is 4.39. The summed E-state index contributed by atoms with van der Waals surface area (Å²) in [5.41, 5.74) is 4.50. The van der Waals surface area contributed by atoms with Gasteiger partial charge in [0.25, 0.3) is 0 Å². The summed E-state index contributed by atoms with van der Waals surface area (Å²) in [5.74, 6) is -0.650. The molecule has 0 aliphatic carbocycles. The Balaban J connectivity index is 1.74. The van der Waals surface area contributed by atoms with Crippen LogP contribution >= 0.6 is 0 Å². The minimum Gasteiger partial charge on any atom is -0.454 e. The van der Waals surface area contributed by atoms with E-state index >= 15 is 0 Å². The number of carbonyl (C=O) groups is 2. The molecule has 34 heavy (non-hydrogen) atoms. The zero-order chi connectivity index (χ0) is 23.8. The zero-order valence-corrected chi connectivity index (χ0v) is 19.2. The fraction of sp³-hybridized carbons (Fsp3) is 0.161. The first kappa shape index (κ1) is 23.2. The lowest BCUT2D eigenvalue weighted by molar-refractivity contribution is -0.109. The minimum atomic E-state index is -0.515. The van der Waals surface area contributed by atoms with Crippen molar-refractivity contribution in [1.82, 2.24) is 0 Å². The number of carbonyl (C=O) groups excluding carboxylic acids is 2. The average molecular weight is 449 g/mol. The van der Waals surface area contributed by atoms with Crippen molar-refractivity contribution in [3.63, 3.8) is 0 Å². The highest BCUT2D eigenvalue weighted by Crippen LogP contribution is 2.35. The summed E-state index contributed by atoms with van der Waals surface area (Å²) in [6.07, 6.45) is 0.674. The number of ether oxygens (including phenoxy) is 1. The Kier molecular flexibility index (Phi) is 7.67. The van der Waals surface area contributed by atoms with E-state index in [1.165, 1.54) is 0 Å². The molecule has 0 aromatic heterocycles. The van der Waals surface area contributed by atoms with Gasteiger partial charge in [-0.05, 0) is 28.3 Å². The van der Waals surface area contributed by atoms with Gasteiger partial charge in [-0.3, -0.25) is 0 Å². The van der Waals surface area contributed by atoms with Crippen LogP contribution < -0.4 is 0 Å². The number of aldehydes is 1. The van der Waals surface area contributed by atoms with Crippen molar-refractivity contribution < 1.29 is 14.3 Å². The lowest BCUT2D eigenvalue weighted by Crippen LogP contribution is -2.20. The maximum absolute atomic E-state index is 13.6. The van der Waals surface area contributed by atoms with Crippen LogP contribution in [0.2, 0.25) is 0 Å². The molecule has 0 aliphatic heterocycles. The van der Waals surface area contributed by atoms with E-state index in [1.807, 2.05) is 97.9 Å². The van der Waals surface area contributed by atoms with Gasteiger partial charge in [-0.15, -0.1) is 0 Å². The summed E-state index contributed by atoms with van der Waals surface area (Å²) >= 11 is 0. The van der Waals surface area contributed by atoms with Crippen LogP contribution in [0.4, 0.5) is 0 Å². The quantitative estimate of drug-likeness (QED) is 0.157. The van der Waals surface area contributed by atoms with Gasteiger partial charge >= 0.3 is 5.97 Å². The SMILES string of the molecule is C[C@H](CC=O)[C@H](OC(=O)c1ccccc1C(c1ccccc1)c1ccccc1)c1ccccc1. The van der Waals surface area contributed by atoms with Gasteiger partial charge < -0.3 is 9.53 Å². The van der Waals surface area contributed by atoms with Crippen LogP contribution in [0.15, 0.2) is 115 Å². The standard InChI is InChI=1S/C31H28O3/c1-23(21-22-32)30(26-17-9-4-10-18-26)34-31(33)28-20-12-11-19-27(28)29(24-13-5-2-6-14-24)25-15-7-3-8-16-25/h2-20,22-23,29-30H,21H2,1H3/t23-,30+/m1/s1. The molecule has 0 fully saturated rings. The molecular formula is C31H28O3. The van der Waals surface area contributed by atoms with Crippen LogP contribution in [0.3, 0.4) is 0 Å². The monoisotopic (exact) mass is 448 g/mol. The normalized spacial score (nSPS) is 12.6. The molecular weight excluding hydrogens is 420 g/mol. The third-order valence-corrected chi connectivity index (χ3v) is 6.10. The first-order valence-electron chi connectivity index (χ1n) is 11.6. The number of hydrogen-bond acceptors (Lipinski definition) is 3. The molecule has 2 atom stereocenters. The van der Waals surface area contributed by atoms with E-state index < -0.39 is 6.10 Å². The molecule has 0 saturated heterocycles. The number of rotatable bonds is 9. The molecule has 3 heteroatoms. The maximum Gasteiger partial charge on any atom is 0.339 e. The van der Waals surface area contributed by atoms with Gasteiger partial charge in [-0.2, -0.15) is 0 Å². The molecule has 0 amide bonds. The van der Waals surface area contributed by atoms with Crippen molar-refractivity contribution in [3.8, 4) is 0 Å². The molecule has 0 spiro atoms. The third kappa shape index (κ3) is 5.32. The molecule has 0 radical (unpaired) electrons. The highest BCUT2D eigenvalue weighted by Gasteiger charge is 2.27. The van der Waals surface area contributed by atoms with Crippen molar-refractivity contribution in [1.29, 1.82) is 0 Å². The van der Waals surface area contributed by atoms with Gasteiger partial charge in [0.05, 0.1) is 5.56 Å². The van der Waals surface area contributed by atoms with E-state index in [-0.39, 0.29) is 17.8 Å². The number of hydrogen-bond donors (Lipinski definition) is 0. The lowest BCUT2D eigenvalue weighted by atomic mass is 9.83. The molecule has 0 aliphatic rings. The molecule has 4 aromatic rings. The Labute approximate surface area is 201 Å². The van der Waals surface area contributed by atoms with Gasteiger partial charge in [0.2, 0.25) is 0 Å². The van der Waals surface area contributed by atoms with Crippen LogP contribution in [0.5, 0.6) is 0 Å². The van der Waals surface area contributed by atoms with Gasteiger partial charge in [-0.25, -0.2) is 4.79 Å².